The van der Waals surface area contributed by atoms with Crippen molar-refractivity contribution in [2.24, 2.45) is 11.5 Å². The van der Waals surface area contributed by atoms with Gasteiger partial charge in [0.1, 0.15) is 6.04 Å². The summed E-state index contributed by atoms with van der Waals surface area (Å²) in [6, 6.07) is -4.15. The van der Waals surface area contributed by atoms with E-state index in [0.717, 1.165) is 0 Å². The van der Waals surface area contributed by atoms with E-state index in [1.165, 1.54) is 6.92 Å². The summed E-state index contributed by atoms with van der Waals surface area (Å²) in [7, 11) is 0. The SMILES string of the molecule is C[C@@H](O)[C@H](NC(=O)[C@H](CC(N)=O)NC(=O)[C@@H](N)C(C)(C)S)C(=O)O. The van der Waals surface area contributed by atoms with Gasteiger partial charge in [-0.25, -0.2) is 4.79 Å². The van der Waals surface area contributed by atoms with Crippen LogP contribution in [0.3, 0.4) is 0 Å². The summed E-state index contributed by atoms with van der Waals surface area (Å²) in [5.41, 5.74) is 10.7. The number of amides is 3. The van der Waals surface area contributed by atoms with Crippen LogP contribution in [-0.4, -0.2) is 62.9 Å². The number of carboxylic acids is 1. The number of aliphatic hydroxyl groups is 1. The second-order valence-corrected chi connectivity index (χ2v) is 7.08. The number of aliphatic carboxylic acids is 1. The van der Waals surface area contributed by atoms with Gasteiger partial charge in [-0.15, -0.1) is 0 Å². The molecule has 138 valence electrons. The van der Waals surface area contributed by atoms with E-state index in [4.69, 9.17) is 16.6 Å². The van der Waals surface area contributed by atoms with E-state index >= 15 is 0 Å². The average Bonchev–Trinajstić information content (AvgIpc) is 2.40. The molecule has 0 rings (SSSR count). The lowest BCUT2D eigenvalue weighted by Gasteiger charge is -2.27. The van der Waals surface area contributed by atoms with Crippen LogP contribution in [0.2, 0.25) is 0 Å². The zero-order valence-corrected chi connectivity index (χ0v) is 14.5. The van der Waals surface area contributed by atoms with Crippen molar-refractivity contribution >= 4 is 36.3 Å². The van der Waals surface area contributed by atoms with Gasteiger partial charge in [0.25, 0.3) is 0 Å². The van der Waals surface area contributed by atoms with Crippen LogP contribution in [0.15, 0.2) is 0 Å². The molecule has 24 heavy (non-hydrogen) atoms. The lowest BCUT2D eigenvalue weighted by molar-refractivity contribution is -0.145. The molecule has 0 saturated heterocycles. The van der Waals surface area contributed by atoms with Crippen molar-refractivity contribution in [2.45, 2.75) is 56.2 Å². The van der Waals surface area contributed by atoms with Crippen molar-refractivity contribution in [3.63, 3.8) is 0 Å². The quantitative estimate of drug-likeness (QED) is 0.217. The largest absolute Gasteiger partial charge is 0.480 e. The van der Waals surface area contributed by atoms with Crippen molar-refractivity contribution in [2.75, 3.05) is 0 Å². The lowest BCUT2D eigenvalue weighted by atomic mass is 10.0. The van der Waals surface area contributed by atoms with Crippen LogP contribution in [0.1, 0.15) is 27.2 Å². The third-order valence-corrected chi connectivity index (χ3v) is 3.41. The first-order valence-electron chi connectivity index (χ1n) is 7.05. The topological polar surface area (TPSA) is 185 Å². The normalized spacial score (nSPS) is 16.4. The Hall–Kier alpha value is -1.85. The fourth-order valence-corrected chi connectivity index (χ4v) is 1.75. The van der Waals surface area contributed by atoms with Crippen LogP contribution < -0.4 is 22.1 Å². The van der Waals surface area contributed by atoms with E-state index in [1.54, 1.807) is 13.8 Å². The van der Waals surface area contributed by atoms with E-state index in [9.17, 15) is 24.3 Å². The molecule has 0 spiro atoms. The van der Waals surface area contributed by atoms with Gasteiger partial charge in [-0.2, -0.15) is 12.6 Å². The van der Waals surface area contributed by atoms with Crippen LogP contribution in [0, 0.1) is 0 Å². The van der Waals surface area contributed by atoms with Gasteiger partial charge in [-0.1, -0.05) is 0 Å². The summed E-state index contributed by atoms with van der Waals surface area (Å²) in [5.74, 6) is -4.12. The maximum atomic E-state index is 12.1. The summed E-state index contributed by atoms with van der Waals surface area (Å²) in [5, 5.41) is 22.6. The van der Waals surface area contributed by atoms with Gasteiger partial charge < -0.3 is 32.3 Å². The highest BCUT2D eigenvalue weighted by molar-refractivity contribution is 7.81. The number of thiol groups is 1. The van der Waals surface area contributed by atoms with Crippen LogP contribution in [-0.2, 0) is 19.2 Å². The third kappa shape index (κ3) is 7.15. The lowest BCUT2D eigenvalue weighted by Crippen LogP contribution is -2.59. The van der Waals surface area contributed by atoms with E-state index in [0.29, 0.717) is 0 Å². The molecule has 3 amide bonds. The number of carbonyl (C=O) groups is 4. The minimum Gasteiger partial charge on any atom is -0.480 e. The number of rotatable bonds is 9. The maximum Gasteiger partial charge on any atom is 0.328 e. The van der Waals surface area contributed by atoms with Crippen molar-refractivity contribution in [1.29, 1.82) is 0 Å². The summed E-state index contributed by atoms with van der Waals surface area (Å²) in [6.07, 6.45) is -1.96. The molecule has 8 N–H and O–H groups in total. The molecular formula is C13H24N4O6S. The van der Waals surface area contributed by atoms with E-state index in [1.807, 2.05) is 5.32 Å². The molecule has 10 nitrogen and oxygen atoms in total. The van der Waals surface area contributed by atoms with Crippen LogP contribution >= 0.6 is 12.6 Å². The number of nitrogens with one attached hydrogen (secondary N) is 2. The number of aliphatic hydroxyl groups excluding tert-OH is 1. The Balaban J connectivity index is 5.19. The summed E-state index contributed by atoms with van der Waals surface area (Å²) in [6.45, 7) is 4.33. The number of hydrogen-bond acceptors (Lipinski definition) is 7. The molecule has 0 bridgehead atoms. The Morgan fingerprint density at radius 3 is 2.00 bits per heavy atom. The number of hydrogen-bond donors (Lipinski definition) is 7. The monoisotopic (exact) mass is 364 g/mol. The molecule has 0 aliphatic rings. The summed E-state index contributed by atoms with van der Waals surface area (Å²) < 4.78 is -0.902. The van der Waals surface area contributed by atoms with Crippen LogP contribution in [0.4, 0.5) is 0 Å². The molecule has 11 heteroatoms. The fourth-order valence-electron chi connectivity index (χ4n) is 1.64. The molecule has 0 aliphatic heterocycles. The van der Waals surface area contributed by atoms with Gasteiger partial charge in [-0.05, 0) is 20.8 Å². The van der Waals surface area contributed by atoms with Gasteiger partial charge in [0, 0.05) is 4.75 Å². The van der Waals surface area contributed by atoms with E-state index in [2.05, 4.69) is 17.9 Å². The first kappa shape index (κ1) is 22.1. The predicted molar refractivity (Wildman–Crippen MR) is 88.0 cm³/mol. The van der Waals surface area contributed by atoms with Crippen molar-refractivity contribution in [3.8, 4) is 0 Å². The Labute approximate surface area is 144 Å². The molecule has 0 saturated carbocycles. The average molecular weight is 364 g/mol. The Kier molecular flexibility index (Phi) is 8.17. The molecule has 0 radical (unpaired) electrons. The number of carbonyl (C=O) groups excluding carboxylic acids is 3. The zero-order chi connectivity index (χ0) is 19.2. The highest BCUT2D eigenvalue weighted by Crippen LogP contribution is 2.16. The molecule has 4 atom stereocenters. The second kappa shape index (κ2) is 8.85. The second-order valence-electron chi connectivity index (χ2n) is 5.93. The predicted octanol–water partition coefficient (Wildman–Crippen LogP) is -2.67. The standard InChI is InChI=1S/C13H24N4O6S/c1-5(18)8(12(22)23)17-10(20)6(4-7(14)19)16-11(21)9(15)13(2,3)24/h5-6,8-9,18,24H,4,15H2,1-3H3,(H2,14,19)(H,16,21)(H,17,20)(H,22,23)/t5-,6+,8+,9-/m1/s1. The zero-order valence-electron chi connectivity index (χ0n) is 13.6. The number of carboxylic acid groups (broad SMARTS) is 1. The van der Waals surface area contributed by atoms with Gasteiger partial charge >= 0.3 is 5.97 Å². The van der Waals surface area contributed by atoms with Gasteiger partial charge in [0.2, 0.25) is 17.7 Å². The Morgan fingerprint density at radius 2 is 1.67 bits per heavy atom. The minimum atomic E-state index is -1.61. The Bertz CT molecular complexity index is 505. The van der Waals surface area contributed by atoms with Crippen molar-refractivity contribution in [3.05, 3.63) is 0 Å². The van der Waals surface area contributed by atoms with E-state index < -0.39 is 59.1 Å². The maximum absolute atomic E-state index is 12.1. The van der Waals surface area contributed by atoms with Gasteiger partial charge in [0.15, 0.2) is 6.04 Å². The van der Waals surface area contributed by atoms with Crippen molar-refractivity contribution in [1.82, 2.24) is 10.6 Å². The molecule has 0 aromatic rings. The molecule has 0 aromatic carbocycles. The van der Waals surface area contributed by atoms with Crippen LogP contribution in [0.5, 0.6) is 0 Å². The third-order valence-electron chi connectivity index (χ3n) is 3.13. The molecular weight excluding hydrogens is 340 g/mol. The van der Waals surface area contributed by atoms with Gasteiger partial charge in [-0.3, -0.25) is 14.4 Å². The van der Waals surface area contributed by atoms with E-state index in [-0.39, 0.29) is 0 Å². The summed E-state index contributed by atoms with van der Waals surface area (Å²) in [4.78, 5) is 46.3. The van der Waals surface area contributed by atoms with Crippen molar-refractivity contribution < 1.29 is 29.4 Å². The fraction of sp³-hybridized carbons (Fsp3) is 0.692. The molecule has 0 unspecified atom stereocenters. The Morgan fingerprint density at radius 1 is 1.17 bits per heavy atom. The highest BCUT2D eigenvalue weighted by Gasteiger charge is 2.34. The summed E-state index contributed by atoms with van der Waals surface area (Å²) >= 11 is 4.15. The highest BCUT2D eigenvalue weighted by atomic mass is 32.1. The number of nitrogens with two attached hydrogens (primary N) is 2. The molecule has 0 aromatic heterocycles. The molecule has 0 fully saturated rings. The van der Waals surface area contributed by atoms with Gasteiger partial charge in [0.05, 0.1) is 18.6 Å². The first-order chi connectivity index (χ1) is 10.8. The number of primary amides is 1. The smallest absolute Gasteiger partial charge is 0.328 e. The first-order valence-corrected chi connectivity index (χ1v) is 7.50. The molecule has 0 heterocycles. The minimum absolute atomic E-state index is 0.566. The molecule has 0 aliphatic carbocycles. The van der Waals surface area contributed by atoms with Crippen LogP contribution in [0.25, 0.3) is 0 Å².